The summed E-state index contributed by atoms with van der Waals surface area (Å²) in [6.07, 6.45) is 8.84. The Morgan fingerprint density at radius 2 is 2.33 bits per heavy atom. The number of furan rings is 1. The van der Waals surface area contributed by atoms with Crippen molar-refractivity contribution in [3.63, 3.8) is 0 Å². The number of carbonyl (C=O) groups excluding carboxylic acids is 1. The molecule has 2 aromatic heterocycles. The van der Waals surface area contributed by atoms with Gasteiger partial charge in [-0.1, -0.05) is 0 Å². The van der Waals surface area contributed by atoms with Crippen molar-refractivity contribution in [1.82, 2.24) is 20.2 Å². The highest BCUT2D eigenvalue weighted by atomic mass is 16.3. The van der Waals surface area contributed by atoms with E-state index in [0.29, 0.717) is 11.5 Å². The van der Waals surface area contributed by atoms with Crippen molar-refractivity contribution in [2.24, 2.45) is 5.92 Å². The maximum atomic E-state index is 11.8. The number of carbonyl (C=O) groups is 1. The van der Waals surface area contributed by atoms with Gasteiger partial charge >= 0.3 is 0 Å². The first-order valence-corrected chi connectivity index (χ1v) is 7.32. The van der Waals surface area contributed by atoms with Gasteiger partial charge < -0.3 is 14.7 Å². The molecule has 6 nitrogen and oxygen atoms in total. The van der Waals surface area contributed by atoms with Gasteiger partial charge in [0, 0.05) is 18.9 Å². The fourth-order valence-electron chi connectivity index (χ4n) is 2.68. The number of hydrogen-bond donors (Lipinski definition) is 2. The molecule has 1 aliphatic heterocycles. The molecule has 1 amide bonds. The second-order valence-electron chi connectivity index (χ2n) is 5.48. The van der Waals surface area contributed by atoms with E-state index in [9.17, 15) is 4.79 Å². The predicted molar refractivity (Wildman–Crippen MR) is 77.6 cm³/mol. The highest BCUT2D eigenvalue weighted by Crippen LogP contribution is 2.17. The molecule has 0 bridgehead atoms. The topological polar surface area (TPSA) is 74.2 Å². The molecule has 0 aliphatic carbocycles. The zero-order valence-electron chi connectivity index (χ0n) is 11.9. The summed E-state index contributed by atoms with van der Waals surface area (Å²) in [5.41, 5.74) is 0.588. The molecule has 0 radical (unpaired) electrons. The quantitative estimate of drug-likeness (QED) is 0.877. The van der Waals surface area contributed by atoms with E-state index in [4.69, 9.17) is 4.42 Å². The van der Waals surface area contributed by atoms with Crippen LogP contribution in [0.3, 0.4) is 0 Å². The summed E-state index contributed by atoms with van der Waals surface area (Å²) in [5.74, 6) is 1.51. The third-order valence-corrected chi connectivity index (χ3v) is 3.97. The predicted octanol–water partition coefficient (Wildman–Crippen LogP) is 1.64. The summed E-state index contributed by atoms with van der Waals surface area (Å²) in [7, 11) is 0. The van der Waals surface area contributed by atoms with Gasteiger partial charge in [0.05, 0.1) is 18.4 Å². The lowest BCUT2D eigenvalue weighted by molar-refractivity contribution is 0.0934. The first kappa shape index (κ1) is 13.9. The summed E-state index contributed by atoms with van der Waals surface area (Å²) in [5, 5.41) is 2.98. The van der Waals surface area contributed by atoms with Crippen LogP contribution in [0.5, 0.6) is 0 Å². The van der Waals surface area contributed by atoms with Gasteiger partial charge in [0.1, 0.15) is 12.1 Å². The van der Waals surface area contributed by atoms with Crippen molar-refractivity contribution in [2.75, 3.05) is 19.6 Å². The molecule has 6 heteroatoms. The molecule has 1 fully saturated rings. The lowest BCUT2D eigenvalue weighted by atomic mass is 9.96. The summed E-state index contributed by atoms with van der Waals surface area (Å²) >= 11 is 0. The van der Waals surface area contributed by atoms with Crippen LogP contribution >= 0.6 is 0 Å². The maximum absolute atomic E-state index is 11.8. The molecular weight excluding hydrogens is 268 g/mol. The third-order valence-electron chi connectivity index (χ3n) is 3.97. The Morgan fingerprint density at radius 1 is 1.48 bits per heavy atom. The number of nitrogens with zero attached hydrogens (tertiary/aromatic N) is 2. The fraction of sp³-hybridized carbons (Fsp3) is 0.467. The van der Waals surface area contributed by atoms with Crippen LogP contribution in [0.2, 0.25) is 0 Å². The standard InChI is InChI=1S/C15H20N4O2/c20-15(13-3-8-21-11-13)18-9-12-1-6-19(7-2-12)10-14-16-4-5-17-14/h3-5,8,11-12H,1-2,6-7,9-10H2,(H,16,17)(H,18,20). The van der Waals surface area contributed by atoms with Crippen LogP contribution < -0.4 is 5.32 Å². The van der Waals surface area contributed by atoms with E-state index in [2.05, 4.69) is 20.2 Å². The minimum Gasteiger partial charge on any atom is -0.472 e. The number of hydrogen-bond acceptors (Lipinski definition) is 4. The lowest BCUT2D eigenvalue weighted by Gasteiger charge is -2.31. The summed E-state index contributed by atoms with van der Waals surface area (Å²) < 4.78 is 4.92. The molecule has 3 rings (SSSR count). The van der Waals surface area contributed by atoms with Crippen LogP contribution in [-0.4, -0.2) is 40.4 Å². The van der Waals surface area contributed by atoms with Crippen molar-refractivity contribution < 1.29 is 9.21 Å². The molecule has 112 valence electrons. The average Bonchev–Trinajstić information content (AvgIpc) is 3.19. The van der Waals surface area contributed by atoms with E-state index in [1.165, 1.54) is 12.5 Å². The first-order valence-electron chi connectivity index (χ1n) is 7.32. The van der Waals surface area contributed by atoms with Crippen LogP contribution in [0, 0.1) is 5.92 Å². The van der Waals surface area contributed by atoms with Crippen LogP contribution in [0.4, 0.5) is 0 Å². The number of H-pyrrole nitrogens is 1. The van der Waals surface area contributed by atoms with Crippen LogP contribution in [0.15, 0.2) is 35.4 Å². The van der Waals surface area contributed by atoms with E-state index in [1.54, 1.807) is 12.3 Å². The Hall–Kier alpha value is -2.08. The number of piperidine rings is 1. The number of aromatic amines is 1. The van der Waals surface area contributed by atoms with Gasteiger partial charge in [0.2, 0.25) is 0 Å². The summed E-state index contributed by atoms with van der Waals surface area (Å²) in [4.78, 5) is 21.6. The molecule has 21 heavy (non-hydrogen) atoms. The minimum atomic E-state index is -0.0539. The molecule has 2 N–H and O–H groups in total. The molecule has 0 aromatic carbocycles. The maximum Gasteiger partial charge on any atom is 0.254 e. The number of nitrogens with one attached hydrogen (secondary N) is 2. The molecule has 1 saturated heterocycles. The molecule has 0 atom stereocenters. The summed E-state index contributed by atoms with van der Waals surface area (Å²) in [6.45, 7) is 3.71. The Bertz CT molecular complexity index is 542. The van der Waals surface area contributed by atoms with Gasteiger partial charge in [0.25, 0.3) is 5.91 Å². The van der Waals surface area contributed by atoms with E-state index in [-0.39, 0.29) is 5.91 Å². The van der Waals surface area contributed by atoms with Gasteiger partial charge in [-0.15, -0.1) is 0 Å². The van der Waals surface area contributed by atoms with E-state index < -0.39 is 0 Å². The molecule has 0 unspecified atom stereocenters. The van der Waals surface area contributed by atoms with Crippen LogP contribution in [0.25, 0.3) is 0 Å². The van der Waals surface area contributed by atoms with E-state index in [0.717, 1.165) is 44.8 Å². The second kappa shape index (κ2) is 6.58. The van der Waals surface area contributed by atoms with Gasteiger partial charge in [-0.3, -0.25) is 9.69 Å². The van der Waals surface area contributed by atoms with Crippen LogP contribution in [-0.2, 0) is 6.54 Å². The molecule has 2 aromatic rings. The monoisotopic (exact) mass is 288 g/mol. The third kappa shape index (κ3) is 3.72. The Kier molecular flexibility index (Phi) is 4.35. The normalized spacial score (nSPS) is 17.0. The number of aromatic nitrogens is 2. The first-order chi connectivity index (χ1) is 10.3. The molecule has 0 saturated carbocycles. The number of likely N-dealkylation sites (tertiary alicyclic amines) is 1. The smallest absolute Gasteiger partial charge is 0.254 e. The van der Waals surface area contributed by atoms with Crippen molar-refractivity contribution in [3.05, 3.63) is 42.4 Å². The average molecular weight is 288 g/mol. The molecular formula is C15H20N4O2. The van der Waals surface area contributed by atoms with Gasteiger partial charge in [-0.25, -0.2) is 4.98 Å². The number of imidazole rings is 1. The zero-order chi connectivity index (χ0) is 14.5. The molecule has 3 heterocycles. The Morgan fingerprint density at radius 3 is 3.00 bits per heavy atom. The summed E-state index contributed by atoms with van der Waals surface area (Å²) in [6, 6.07) is 1.68. The van der Waals surface area contributed by atoms with Crippen molar-refractivity contribution in [3.8, 4) is 0 Å². The van der Waals surface area contributed by atoms with Gasteiger partial charge in [-0.2, -0.15) is 0 Å². The largest absolute Gasteiger partial charge is 0.472 e. The van der Waals surface area contributed by atoms with E-state index in [1.807, 2.05) is 6.20 Å². The highest BCUT2D eigenvalue weighted by molar-refractivity contribution is 5.93. The number of amides is 1. The SMILES string of the molecule is O=C(NCC1CCN(Cc2ncc[nH]2)CC1)c1ccoc1. The van der Waals surface area contributed by atoms with Crippen LogP contribution in [0.1, 0.15) is 29.0 Å². The molecule has 0 spiro atoms. The zero-order valence-corrected chi connectivity index (χ0v) is 11.9. The Labute approximate surface area is 123 Å². The van der Waals surface area contributed by atoms with Gasteiger partial charge in [0.15, 0.2) is 0 Å². The van der Waals surface area contributed by atoms with E-state index >= 15 is 0 Å². The van der Waals surface area contributed by atoms with Gasteiger partial charge in [-0.05, 0) is 37.9 Å². The minimum absolute atomic E-state index is 0.0539. The van der Waals surface area contributed by atoms with Crippen molar-refractivity contribution in [1.29, 1.82) is 0 Å². The highest BCUT2D eigenvalue weighted by Gasteiger charge is 2.20. The van der Waals surface area contributed by atoms with Crippen molar-refractivity contribution in [2.45, 2.75) is 19.4 Å². The molecule has 1 aliphatic rings. The number of rotatable bonds is 5. The second-order valence-corrected chi connectivity index (χ2v) is 5.48. The Balaban J connectivity index is 1.39. The fourth-order valence-corrected chi connectivity index (χ4v) is 2.68. The lowest BCUT2D eigenvalue weighted by Crippen LogP contribution is -2.38. The van der Waals surface area contributed by atoms with Crippen molar-refractivity contribution >= 4 is 5.91 Å².